The van der Waals surface area contributed by atoms with E-state index in [9.17, 15) is 14.7 Å². The minimum atomic E-state index is -1.26. The molecule has 1 aliphatic carbocycles. The van der Waals surface area contributed by atoms with Crippen molar-refractivity contribution in [3.05, 3.63) is 82.1 Å². The number of aromatic hydroxyl groups is 1. The van der Waals surface area contributed by atoms with Crippen molar-refractivity contribution >= 4 is 17.7 Å². The summed E-state index contributed by atoms with van der Waals surface area (Å²) in [6, 6.07) is 11.1. The van der Waals surface area contributed by atoms with Crippen molar-refractivity contribution < 1.29 is 23.8 Å². The second-order valence-corrected chi connectivity index (χ2v) is 7.69. The molecular weight excluding hydrogens is 404 g/mol. The van der Waals surface area contributed by atoms with Gasteiger partial charge in [0.05, 0.1) is 12.4 Å². The quantitative estimate of drug-likeness (QED) is 0.464. The summed E-state index contributed by atoms with van der Waals surface area (Å²) in [5.41, 5.74) is 0.426. The lowest BCUT2D eigenvalue weighted by Gasteiger charge is -2.20. The molecule has 1 aromatic heterocycles. The second kappa shape index (κ2) is 10.7. The maximum atomic E-state index is 12.5. The van der Waals surface area contributed by atoms with Gasteiger partial charge >= 0.3 is 11.6 Å². The van der Waals surface area contributed by atoms with E-state index in [1.807, 2.05) is 42.5 Å². The molecule has 0 spiro atoms. The highest BCUT2D eigenvalue weighted by molar-refractivity contribution is 7.99. The summed E-state index contributed by atoms with van der Waals surface area (Å²) in [6.45, 7) is 1.83. The highest BCUT2D eigenvalue weighted by Crippen LogP contribution is 2.31. The Labute approximate surface area is 179 Å². The number of hydrogen-bond acceptors (Lipinski definition) is 7. The number of carbonyl (C=O) groups is 1. The summed E-state index contributed by atoms with van der Waals surface area (Å²) in [6.07, 6.45) is 6.46. The van der Waals surface area contributed by atoms with Crippen molar-refractivity contribution in [3.63, 3.8) is 0 Å². The lowest BCUT2D eigenvalue weighted by atomic mass is 10.1. The van der Waals surface area contributed by atoms with Gasteiger partial charge in [-0.15, -0.1) is 11.8 Å². The SMILES string of the molecule is CCOC(=O)C(OC1=CC=CCC1)c1cc(O)c(SCCc2ccccc2)c(=O)o1. The standard InChI is InChI=1S/C23H24O6S/c1-2-27-22(25)20(28-17-11-7-4-8-12-17)19-15-18(24)21(23(26)29-19)30-14-13-16-9-5-3-6-10-16/h3-7,9-11,15,20,24H,2,8,12-14H2,1H3. The molecule has 3 rings (SSSR count). The summed E-state index contributed by atoms with van der Waals surface area (Å²) in [4.78, 5) is 25.0. The summed E-state index contributed by atoms with van der Waals surface area (Å²) < 4.78 is 16.2. The summed E-state index contributed by atoms with van der Waals surface area (Å²) in [7, 11) is 0. The summed E-state index contributed by atoms with van der Waals surface area (Å²) >= 11 is 1.21. The molecule has 158 valence electrons. The zero-order valence-corrected chi connectivity index (χ0v) is 17.5. The van der Waals surface area contributed by atoms with Crippen molar-refractivity contribution in [2.45, 2.75) is 37.2 Å². The first-order valence-electron chi connectivity index (χ1n) is 9.81. The van der Waals surface area contributed by atoms with Crippen LogP contribution in [0.3, 0.4) is 0 Å². The fraction of sp³-hybridized carbons (Fsp3) is 0.304. The van der Waals surface area contributed by atoms with E-state index in [4.69, 9.17) is 13.9 Å². The van der Waals surface area contributed by atoms with Gasteiger partial charge in [-0.2, -0.15) is 0 Å². The van der Waals surface area contributed by atoms with Gasteiger partial charge in [0, 0.05) is 18.2 Å². The molecule has 7 heteroatoms. The fourth-order valence-electron chi connectivity index (χ4n) is 2.94. The lowest BCUT2D eigenvalue weighted by Crippen LogP contribution is -2.21. The van der Waals surface area contributed by atoms with Crippen molar-refractivity contribution in [1.82, 2.24) is 0 Å². The van der Waals surface area contributed by atoms with Crippen LogP contribution in [0.25, 0.3) is 0 Å². The van der Waals surface area contributed by atoms with Gasteiger partial charge < -0.3 is 19.0 Å². The molecule has 0 saturated carbocycles. The Kier molecular flexibility index (Phi) is 7.79. The predicted molar refractivity (Wildman–Crippen MR) is 114 cm³/mol. The molecule has 0 saturated heterocycles. The van der Waals surface area contributed by atoms with Crippen LogP contribution in [-0.4, -0.2) is 23.4 Å². The van der Waals surface area contributed by atoms with Crippen LogP contribution < -0.4 is 5.63 Å². The average molecular weight is 429 g/mol. The Morgan fingerprint density at radius 3 is 2.77 bits per heavy atom. The molecular formula is C23H24O6S. The minimum Gasteiger partial charge on any atom is -0.506 e. The first kappa shape index (κ1) is 21.8. The summed E-state index contributed by atoms with van der Waals surface area (Å²) in [5, 5.41) is 10.4. The van der Waals surface area contributed by atoms with E-state index in [0.29, 0.717) is 17.9 Å². The maximum Gasteiger partial charge on any atom is 0.355 e. The predicted octanol–water partition coefficient (Wildman–Crippen LogP) is 4.53. The molecule has 30 heavy (non-hydrogen) atoms. The van der Waals surface area contributed by atoms with Gasteiger partial charge in [0.25, 0.3) is 6.10 Å². The number of allylic oxidation sites excluding steroid dienone is 4. The first-order valence-corrected chi connectivity index (χ1v) is 10.8. The fourth-order valence-corrected chi connectivity index (χ4v) is 3.84. The van der Waals surface area contributed by atoms with E-state index in [2.05, 4.69) is 0 Å². The van der Waals surface area contributed by atoms with Gasteiger partial charge in [-0.1, -0.05) is 42.5 Å². The molecule has 1 aliphatic rings. The Bertz CT molecular complexity index is 977. The third-order valence-corrected chi connectivity index (χ3v) is 5.46. The number of ether oxygens (including phenoxy) is 2. The number of esters is 1. The molecule has 1 heterocycles. The van der Waals surface area contributed by atoms with Crippen LogP contribution in [0.5, 0.6) is 5.75 Å². The number of benzene rings is 1. The maximum absolute atomic E-state index is 12.5. The summed E-state index contributed by atoms with van der Waals surface area (Å²) in [5.74, 6) is 0.172. The van der Waals surface area contributed by atoms with Gasteiger partial charge in [0.1, 0.15) is 10.6 Å². The number of carbonyl (C=O) groups excluding carboxylic acids is 1. The number of rotatable bonds is 9. The van der Waals surface area contributed by atoms with Crippen LogP contribution in [-0.2, 0) is 20.7 Å². The molecule has 2 aromatic rings. The molecule has 6 nitrogen and oxygen atoms in total. The van der Waals surface area contributed by atoms with Crippen LogP contribution in [0.1, 0.15) is 37.2 Å². The van der Waals surface area contributed by atoms with Crippen molar-refractivity contribution in [3.8, 4) is 5.75 Å². The third kappa shape index (κ3) is 5.79. The van der Waals surface area contributed by atoms with Crippen LogP contribution >= 0.6 is 11.8 Å². The number of aryl methyl sites for hydroxylation is 1. The van der Waals surface area contributed by atoms with Crippen LogP contribution in [0.15, 0.2) is 74.5 Å². The Hall–Kier alpha value is -2.93. The van der Waals surface area contributed by atoms with Gasteiger partial charge in [0.15, 0.2) is 5.76 Å². The largest absolute Gasteiger partial charge is 0.506 e. The Balaban J connectivity index is 1.77. The molecule has 1 aromatic carbocycles. The van der Waals surface area contributed by atoms with E-state index < -0.39 is 17.7 Å². The van der Waals surface area contributed by atoms with E-state index in [1.165, 1.54) is 17.8 Å². The van der Waals surface area contributed by atoms with Gasteiger partial charge in [-0.25, -0.2) is 9.59 Å². The smallest absolute Gasteiger partial charge is 0.355 e. The molecule has 0 bridgehead atoms. The van der Waals surface area contributed by atoms with E-state index in [0.717, 1.165) is 18.4 Å². The van der Waals surface area contributed by atoms with Gasteiger partial charge in [-0.05, 0) is 31.4 Å². The lowest BCUT2D eigenvalue weighted by molar-refractivity contribution is -0.156. The highest BCUT2D eigenvalue weighted by atomic mass is 32.2. The minimum absolute atomic E-state index is 0.0844. The number of thioether (sulfide) groups is 1. The van der Waals surface area contributed by atoms with Crippen molar-refractivity contribution in [1.29, 1.82) is 0 Å². The van der Waals surface area contributed by atoms with Gasteiger partial charge in [0.2, 0.25) is 0 Å². The number of hydrogen-bond donors (Lipinski definition) is 1. The molecule has 1 N–H and O–H groups in total. The average Bonchev–Trinajstić information content (AvgIpc) is 2.75. The molecule has 1 unspecified atom stereocenters. The molecule has 1 atom stereocenters. The van der Waals surface area contributed by atoms with Crippen LogP contribution in [0.4, 0.5) is 0 Å². The van der Waals surface area contributed by atoms with Gasteiger partial charge in [-0.3, -0.25) is 0 Å². The zero-order valence-electron chi connectivity index (χ0n) is 16.7. The second-order valence-electron chi connectivity index (χ2n) is 6.58. The first-order chi connectivity index (χ1) is 14.6. The van der Waals surface area contributed by atoms with E-state index in [-0.39, 0.29) is 23.0 Å². The zero-order chi connectivity index (χ0) is 21.3. The molecule has 0 radical (unpaired) electrons. The van der Waals surface area contributed by atoms with Crippen molar-refractivity contribution in [2.24, 2.45) is 0 Å². The van der Waals surface area contributed by atoms with Crippen molar-refractivity contribution in [2.75, 3.05) is 12.4 Å². The monoisotopic (exact) mass is 428 g/mol. The van der Waals surface area contributed by atoms with Crippen LogP contribution in [0, 0.1) is 0 Å². The van der Waals surface area contributed by atoms with E-state index >= 15 is 0 Å². The Morgan fingerprint density at radius 1 is 1.30 bits per heavy atom. The van der Waals surface area contributed by atoms with Crippen LogP contribution in [0.2, 0.25) is 0 Å². The third-order valence-electron chi connectivity index (χ3n) is 4.39. The molecule has 0 fully saturated rings. The molecule has 0 aliphatic heterocycles. The van der Waals surface area contributed by atoms with E-state index in [1.54, 1.807) is 13.0 Å². The molecule has 0 amide bonds. The topological polar surface area (TPSA) is 86.0 Å². The Morgan fingerprint density at radius 2 is 2.10 bits per heavy atom. The highest BCUT2D eigenvalue weighted by Gasteiger charge is 2.29. The normalized spacial score (nSPS) is 14.1.